The van der Waals surface area contributed by atoms with Gasteiger partial charge in [0.2, 0.25) is 0 Å². The number of benzene rings is 1. The molecule has 0 heterocycles. The topological polar surface area (TPSA) is 69.6 Å². The van der Waals surface area contributed by atoms with Crippen molar-refractivity contribution in [2.45, 2.75) is 13.3 Å². The number of urea groups is 1. The summed E-state index contributed by atoms with van der Waals surface area (Å²) in [6.07, 6.45) is -0.0798. The van der Waals surface area contributed by atoms with Gasteiger partial charge in [0, 0.05) is 24.3 Å². The lowest BCUT2D eigenvalue weighted by Crippen LogP contribution is -2.33. The zero-order valence-corrected chi connectivity index (χ0v) is 11.0. The summed E-state index contributed by atoms with van der Waals surface area (Å²) in [6, 6.07) is 4.79. The maximum atomic E-state index is 11.8. The van der Waals surface area contributed by atoms with E-state index in [0.29, 0.717) is 10.7 Å². The molecule has 1 rings (SSSR count). The molecule has 2 amide bonds. The summed E-state index contributed by atoms with van der Waals surface area (Å²) in [4.78, 5) is 23.5. The Labute approximate surface area is 110 Å². The molecule has 0 radical (unpaired) electrons. The number of anilines is 1. The van der Waals surface area contributed by atoms with Gasteiger partial charge in [-0.3, -0.25) is 4.79 Å². The molecule has 5 nitrogen and oxygen atoms in total. The molecule has 98 valence electrons. The van der Waals surface area contributed by atoms with E-state index in [9.17, 15) is 9.59 Å². The first kappa shape index (κ1) is 14.3. The average molecular weight is 271 g/mol. The van der Waals surface area contributed by atoms with Gasteiger partial charge in [-0.05, 0) is 30.7 Å². The second-order valence-electron chi connectivity index (χ2n) is 3.95. The van der Waals surface area contributed by atoms with Crippen LogP contribution in [-0.4, -0.2) is 35.6 Å². The highest BCUT2D eigenvalue weighted by molar-refractivity contribution is 6.30. The molecular formula is C12H15ClN2O3. The third-order valence-corrected chi connectivity index (χ3v) is 2.67. The van der Waals surface area contributed by atoms with Crippen LogP contribution in [0.2, 0.25) is 5.02 Å². The van der Waals surface area contributed by atoms with E-state index in [0.717, 1.165) is 5.56 Å². The zero-order chi connectivity index (χ0) is 13.7. The van der Waals surface area contributed by atoms with Gasteiger partial charge >= 0.3 is 12.0 Å². The van der Waals surface area contributed by atoms with Crippen molar-refractivity contribution in [1.29, 1.82) is 0 Å². The number of aryl methyl sites for hydroxylation is 1. The highest BCUT2D eigenvalue weighted by Crippen LogP contribution is 2.19. The number of carbonyl (C=O) groups excluding carboxylic acids is 1. The Morgan fingerprint density at radius 2 is 2.11 bits per heavy atom. The Bertz CT molecular complexity index is 463. The van der Waals surface area contributed by atoms with Crippen LogP contribution in [0.1, 0.15) is 12.0 Å². The van der Waals surface area contributed by atoms with Gasteiger partial charge < -0.3 is 15.3 Å². The summed E-state index contributed by atoms with van der Waals surface area (Å²) in [5, 5.41) is 11.8. The first-order chi connectivity index (χ1) is 8.40. The predicted molar refractivity (Wildman–Crippen MR) is 70.1 cm³/mol. The lowest BCUT2D eigenvalue weighted by molar-refractivity contribution is -0.137. The minimum absolute atomic E-state index is 0.0798. The molecule has 0 bridgehead atoms. The van der Waals surface area contributed by atoms with E-state index in [-0.39, 0.29) is 19.0 Å². The van der Waals surface area contributed by atoms with Crippen LogP contribution in [0.15, 0.2) is 18.2 Å². The summed E-state index contributed by atoms with van der Waals surface area (Å²) in [7, 11) is 1.55. The van der Waals surface area contributed by atoms with Crippen molar-refractivity contribution in [1.82, 2.24) is 4.90 Å². The van der Waals surface area contributed by atoms with E-state index < -0.39 is 5.97 Å². The summed E-state index contributed by atoms with van der Waals surface area (Å²) in [6.45, 7) is 1.99. The van der Waals surface area contributed by atoms with Gasteiger partial charge in [-0.1, -0.05) is 11.6 Å². The first-order valence-corrected chi connectivity index (χ1v) is 5.78. The summed E-state index contributed by atoms with van der Waals surface area (Å²) in [5.74, 6) is -0.933. The van der Waals surface area contributed by atoms with Gasteiger partial charge in [0.1, 0.15) is 0 Å². The van der Waals surface area contributed by atoms with Crippen LogP contribution in [0, 0.1) is 6.92 Å². The molecule has 0 atom stereocenters. The predicted octanol–water partition coefficient (Wildman–Crippen LogP) is 2.59. The molecule has 6 heteroatoms. The van der Waals surface area contributed by atoms with E-state index in [1.54, 1.807) is 25.2 Å². The highest BCUT2D eigenvalue weighted by atomic mass is 35.5. The Balaban J connectivity index is 2.61. The normalized spacial score (nSPS) is 9.94. The molecule has 2 N–H and O–H groups in total. The van der Waals surface area contributed by atoms with Gasteiger partial charge in [-0.25, -0.2) is 4.79 Å². The molecule has 0 aliphatic heterocycles. The van der Waals surface area contributed by atoms with Crippen molar-refractivity contribution in [3.8, 4) is 0 Å². The van der Waals surface area contributed by atoms with Gasteiger partial charge in [0.15, 0.2) is 0 Å². The fraction of sp³-hybridized carbons (Fsp3) is 0.333. The molecule has 0 aliphatic rings. The van der Waals surface area contributed by atoms with Crippen molar-refractivity contribution in [3.05, 3.63) is 28.8 Å². The maximum Gasteiger partial charge on any atom is 0.321 e. The van der Waals surface area contributed by atoms with Gasteiger partial charge in [0.05, 0.1) is 6.42 Å². The monoisotopic (exact) mass is 270 g/mol. The smallest absolute Gasteiger partial charge is 0.321 e. The highest BCUT2D eigenvalue weighted by Gasteiger charge is 2.11. The number of nitrogens with one attached hydrogen (secondary N) is 1. The lowest BCUT2D eigenvalue weighted by Gasteiger charge is -2.17. The summed E-state index contributed by atoms with van der Waals surface area (Å²) in [5.41, 5.74) is 1.51. The fourth-order valence-corrected chi connectivity index (χ4v) is 1.57. The van der Waals surface area contributed by atoms with Gasteiger partial charge in [-0.15, -0.1) is 0 Å². The number of halogens is 1. The molecule has 0 aromatic heterocycles. The molecule has 0 saturated heterocycles. The van der Waals surface area contributed by atoms with Gasteiger partial charge in [-0.2, -0.15) is 0 Å². The second kappa shape index (κ2) is 6.26. The molecule has 0 saturated carbocycles. The molecule has 1 aromatic carbocycles. The number of hydrogen-bond donors (Lipinski definition) is 2. The standard InChI is InChI=1S/C12H15ClN2O3/c1-8-7-9(13)3-4-10(8)14-12(18)15(2)6-5-11(16)17/h3-4,7H,5-6H2,1-2H3,(H,14,18)(H,16,17). The third-order valence-electron chi connectivity index (χ3n) is 2.44. The first-order valence-electron chi connectivity index (χ1n) is 5.40. The average Bonchev–Trinajstić information content (AvgIpc) is 2.29. The Morgan fingerprint density at radius 3 is 2.67 bits per heavy atom. The van der Waals surface area contributed by atoms with Crippen LogP contribution in [0.25, 0.3) is 0 Å². The minimum Gasteiger partial charge on any atom is -0.481 e. The quantitative estimate of drug-likeness (QED) is 0.883. The largest absolute Gasteiger partial charge is 0.481 e. The summed E-state index contributed by atoms with van der Waals surface area (Å²) >= 11 is 5.81. The van der Waals surface area contributed by atoms with Crippen LogP contribution in [0.3, 0.4) is 0 Å². The second-order valence-corrected chi connectivity index (χ2v) is 4.39. The summed E-state index contributed by atoms with van der Waals surface area (Å²) < 4.78 is 0. The number of carboxylic acid groups (broad SMARTS) is 1. The SMILES string of the molecule is Cc1cc(Cl)ccc1NC(=O)N(C)CCC(=O)O. The van der Waals surface area contributed by atoms with Crippen LogP contribution < -0.4 is 5.32 Å². The van der Waals surface area contributed by atoms with E-state index in [1.165, 1.54) is 4.90 Å². The van der Waals surface area contributed by atoms with E-state index in [2.05, 4.69) is 5.32 Å². The number of nitrogens with zero attached hydrogens (tertiary/aromatic N) is 1. The number of hydrogen-bond acceptors (Lipinski definition) is 2. The van der Waals surface area contributed by atoms with Crippen LogP contribution in [-0.2, 0) is 4.79 Å². The Morgan fingerprint density at radius 1 is 1.44 bits per heavy atom. The van der Waals surface area contributed by atoms with E-state index >= 15 is 0 Å². The molecule has 0 fully saturated rings. The van der Waals surface area contributed by atoms with Crippen molar-refractivity contribution >= 4 is 29.3 Å². The van der Waals surface area contributed by atoms with E-state index in [4.69, 9.17) is 16.7 Å². The van der Waals surface area contributed by atoms with E-state index in [1.807, 2.05) is 6.92 Å². The maximum absolute atomic E-state index is 11.8. The number of aliphatic carboxylic acids is 1. The third kappa shape index (κ3) is 4.25. The van der Waals surface area contributed by atoms with Crippen LogP contribution in [0.5, 0.6) is 0 Å². The molecule has 18 heavy (non-hydrogen) atoms. The number of amides is 2. The lowest BCUT2D eigenvalue weighted by atomic mass is 10.2. The number of carboxylic acids is 1. The molecule has 0 spiro atoms. The molecule has 1 aromatic rings. The zero-order valence-electron chi connectivity index (χ0n) is 10.2. The molecule has 0 aliphatic carbocycles. The van der Waals surface area contributed by atoms with Crippen molar-refractivity contribution < 1.29 is 14.7 Å². The molecular weight excluding hydrogens is 256 g/mol. The Hall–Kier alpha value is -1.75. The van der Waals surface area contributed by atoms with Crippen molar-refractivity contribution in [2.75, 3.05) is 18.9 Å². The number of rotatable bonds is 4. The van der Waals surface area contributed by atoms with Gasteiger partial charge in [0.25, 0.3) is 0 Å². The van der Waals surface area contributed by atoms with Crippen molar-refractivity contribution in [2.24, 2.45) is 0 Å². The van der Waals surface area contributed by atoms with Crippen LogP contribution in [0.4, 0.5) is 10.5 Å². The number of carbonyl (C=O) groups is 2. The van der Waals surface area contributed by atoms with Crippen molar-refractivity contribution in [3.63, 3.8) is 0 Å². The minimum atomic E-state index is -0.933. The fourth-order valence-electron chi connectivity index (χ4n) is 1.34. The van der Waals surface area contributed by atoms with Crippen LogP contribution >= 0.6 is 11.6 Å². The molecule has 0 unspecified atom stereocenters. The Kier molecular flexibility index (Phi) is 4.97.